The zero-order valence-corrected chi connectivity index (χ0v) is 17.6. The van der Waals surface area contributed by atoms with Gasteiger partial charge < -0.3 is 9.64 Å². The largest absolute Gasteiger partial charge is 0.438 e. The van der Waals surface area contributed by atoms with E-state index >= 15 is 0 Å². The van der Waals surface area contributed by atoms with Gasteiger partial charge >= 0.3 is 0 Å². The molecule has 3 aromatic carbocycles. The minimum absolute atomic E-state index is 0.00598. The molecule has 1 saturated heterocycles. The van der Waals surface area contributed by atoms with Gasteiger partial charge in [-0.15, -0.1) is 0 Å². The molecular weight excluding hydrogens is 403 g/mol. The molecule has 4 aromatic rings. The van der Waals surface area contributed by atoms with E-state index in [-0.39, 0.29) is 11.7 Å². The second kappa shape index (κ2) is 8.79. The van der Waals surface area contributed by atoms with Crippen LogP contribution >= 0.6 is 0 Å². The molecule has 5 heteroatoms. The molecule has 0 N–H and O–H groups in total. The van der Waals surface area contributed by atoms with Crippen molar-refractivity contribution in [2.75, 3.05) is 13.1 Å². The molecule has 1 aromatic heterocycles. The smallest absolute Gasteiger partial charge is 0.256 e. The molecule has 0 radical (unpaired) electrons. The van der Waals surface area contributed by atoms with Crippen molar-refractivity contribution in [2.24, 2.45) is 0 Å². The lowest BCUT2D eigenvalue weighted by Crippen LogP contribution is -2.38. The van der Waals surface area contributed by atoms with E-state index in [0.717, 1.165) is 36.7 Å². The Labute approximate surface area is 186 Å². The fourth-order valence-electron chi connectivity index (χ4n) is 4.34. The summed E-state index contributed by atoms with van der Waals surface area (Å²) < 4.78 is 19.1. The second-order valence-electron chi connectivity index (χ2n) is 8.06. The van der Waals surface area contributed by atoms with E-state index in [4.69, 9.17) is 4.74 Å². The highest BCUT2D eigenvalue weighted by Gasteiger charge is 2.26. The van der Waals surface area contributed by atoms with Crippen molar-refractivity contribution in [3.63, 3.8) is 0 Å². The summed E-state index contributed by atoms with van der Waals surface area (Å²) in [5, 5.41) is 1.55. The molecule has 0 bridgehead atoms. The summed E-state index contributed by atoms with van der Waals surface area (Å²) >= 11 is 0. The van der Waals surface area contributed by atoms with Gasteiger partial charge in [0.1, 0.15) is 11.6 Å². The molecular formula is C27H23FN2O2. The normalized spacial score (nSPS) is 14.5. The lowest BCUT2D eigenvalue weighted by molar-refractivity contribution is 0.0714. The summed E-state index contributed by atoms with van der Waals surface area (Å²) in [7, 11) is 0. The lowest BCUT2D eigenvalue weighted by Gasteiger charge is -2.32. The zero-order valence-electron chi connectivity index (χ0n) is 17.6. The number of pyridine rings is 1. The molecule has 2 heterocycles. The number of hydrogen-bond acceptors (Lipinski definition) is 3. The molecule has 32 heavy (non-hydrogen) atoms. The number of carbonyl (C=O) groups is 1. The summed E-state index contributed by atoms with van der Waals surface area (Å²) in [5.74, 6) is 1.04. The molecule has 0 atom stereocenters. The van der Waals surface area contributed by atoms with Gasteiger partial charge in [0, 0.05) is 30.1 Å². The molecule has 1 aliphatic heterocycles. The van der Waals surface area contributed by atoms with Crippen molar-refractivity contribution in [1.82, 2.24) is 9.88 Å². The van der Waals surface area contributed by atoms with Crippen LogP contribution in [0.15, 0.2) is 85.1 Å². The second-order valence-corrected chi connectivity index (χ2v) is 8.06. The highest BCUT2D eigenvalue weighted by atomic mass is 19.1. The van der Waals surface area contributed by atoms with Crippen LogP contribution in [-0.2, 0) is 0 Å². The molecule has 4 nitrogen and oxygen atoms in total. The summed E-state index contributed by atoms with van der Waals surface area (Å²) in [6.07, 6.45) is 3.49. The molecule has 0 saturated carbocycles. The number of fused-ring (bicyclic) bond motifs is 1. The zero-order chi connectivity index (χ0) is 21.9. The first-order chi connectivity index (χ1) is 15.7. The molecule has 0 unspecified atom stereocenters. The van der Waals surface area contributed by atoms with Gasteiger partial charge in [-0.3, -0.25) is 4.79 Å². The third-order valence-electron chi connectivity index (χ3n) is 6.07. The number of hydrogen-bond donors (Lipinski definition) is 0. The fraction of sp³-hybridized carbons (Fsp3) is 0.185. The lowest BCUT2D eigenvalue weighted by atomic mass is 9.89. The van der Waals surface area contributed by atoms with Gasteiger partial charge in [0.15, 0.2) is 0 Å². The first-order valence-electron chi connectivity index (χ1n) is 10.8. The van der Waals surface area contributed by atoms with Crippen molar-refractivity contribution in [3.8, 4) is 11.6 Å². The third-order valence-corrected chi connectivity index (χ3v) is 6.07. The maximum Gasteiger partial charge on any atom is 0.256 e. The Kier molecular flexibility index (Phi) is 5.55. The maximum absolute atomic E-state index is 13.4. The highest BCUT2D eigenvalue weighted by molar-refractivity contribution is 6.07. The number of rotatable bonds is 4. The van der Waals surface area contributed by atoms with E-state index in [2.05, 4.69) is 29.2 Å². The quantitative estimate of drug-likeness (QED) is 0.391. The van der Waals surface area contributed by atoms with Gasteiger partial charge in [-0.1, -0.05) is 48.5 Å². The van der Waals surface area contributed by atoms with E-state index in [1.165, 1.54) is 17.7 Å². The van der Waals surface area contributed by atoms with Gasteiger partial charge in [0.25, 0.3) is 5.91 Å². The number of amides is 1. The predicted octanol–water partition coefficient (Wildman–Crippen LogP) is 6.19. The Balaban J connectivity index is 1.37. The minimum Gasteiger partial charge on any atom is -0.438 e. The first-order valence-corrected chi connectivity index (χ1v) is 10.8. The molecule has 0 aliphatic carbocycles. The van der Waals surface area contributed by atoms with Crippen molar-refractivity contribution in [1.29, 1.82) is 0 Å². The minimum atomic E-state index is -0.327. The van der Waals surface area contributed by atoms with Crippen LogP contribution in [0.5, 0.6) is 11.6 Å². The number of likely N-dealkylation sites (tertiary alicyclic amines) is 1. The summed E-state index contributed by atoms with van der Waals surface area (Å²) in [4.78, 5) is 19.7. The Morgan fingerprint density at radius 3 is 2.25 bits per heavy atom. The SMILES string of the molecule is O=C(c1cnc(Oc2ccc(F)cc2)c2ccccc12)N1CCC(c2ccccc2)CC1. The van der Waals surface area contributed by atoms with Crippen LogP contribution < -0.4 is 4.74 Å². The monoisotopic (exact) mass is 426 g/mol. The number of benzene rings is 3. The molecule has 1 amide bonds. The van der Waals surface area contributed by atoms with Gasteiger partial charge in [-0.2, -0.15) is 0 Å². The number of piperidine rings is 1. The van der Waals surface area contributed by atoms with Gasteiger partial charge in [0.2, 0.25) is 5.88 Å². The molecule has 1 aliphatic rings. The number of ether oxygens (including phenoxy) is 1. The maximum atomic E-state index is 13.4. The summed E-state index contributed by atoms with van der Waals surface area (Å²) in [5.41, 5.74) is 1.92. The molecule has 160 valence electrons. The van der Waals surface area contributed by atoms with Crippen molar-refractivity contribution in [3.05, 3.63) is 102 Å². The van der Waals surface area contributed by atoms with Crippen LogP contribution in [-0.4, -0.2) is 28.9 Å². The van der Waals surface area contributed by atoms with Crippen LogP contribution in [0.4, 0.5) is 4.39 Å². The average Bonchev–Trinajstić information content (AvgIpc) is 2.86. The third kappa shape index (κ3) is 4.06. The number of halogens is 1. The summed E-state index contributed by atoms with van der Waals surface area (Å²) in [6, 6.07) is 23.9. The standard InChI is InChI=1S/C27H23FN2O2/c28-21-10-12-22(13-11-21)32-26-24-9-5-4-8-23(24)25(18-29-26)27(31)30-16-14-20(15-17-30)19-6-2-1-3-7-19/h1-13,18,20H,14-17H2. The van der Waals surface area contributed by atoms with Crippen LogP contribution in [0.3, 0.4) is 0 Å². The van der Waals surface area contributed by atoms with Gasteiger partial charge in [-0.25, -0.2) is 9.37 Å². The molecule has 0 spiro atoms. The van der Waals surface area contributed by atoms with Crippen molar-refractivity contribution in [2.45, 2.75) is 18.8 Å². The Bertz CT molecular complexity index is 1230. The Morgan fingerprint density at radius 1 is 0.875 bits per heavy atom. The van der Waals surface area contributed by atoms with E-state index < -0.39 is 0 Å². The fourth-order valence-corrected chi connectivity index (χ4v) is 4.34. The van der Waals surface area contributed by atoms with E-state index in [0.29, 0.717) is 23.1 Å². The molecule has 1 fully saturated rings. The Hall–Kier alpha value is -3.73. The number of nitrogens with zero attached hydrogens (tertiary/aromatic N) is 2. The Morgan fingerprint density at radius 2 is 1.53 bits per heavy atom. The van der Waals surface area contributed by atoms with Gasteiger partial charge in [-0.05, 0) is 54.7 Å². The van der Waals surface area contributed by atoms with E-state index in [9.17, 15) is 9.18 Å². The van der Waals surface area contributed by atoms with Gasteiger partial charge in [0.05, 0.1) is 5.56 Å². The molecule has 5 rings (SSSR count). The van der Waals surface area contributed by atoms with Crippen molar-refractivity contribution >= 4 is 16.7 Å². The van der Waals surface area contributed by atoms with Crippen LogP contribution in [0, 0.1) is 5.82 Å². The van der Waals surface area contributed by atoms with Crippen LogP contribution in [0.25, 0.3) is 10.8 Å². The van der Waals surface area contributed by atoms with Crippen LogP contribution in [0.1, 0.15) is 34.7 Å². The number of aromatic nitrogens is 1. The topological polar surface area (TPSA) is 42.4 Å². The average molecular weight is 426 g/mol. The first kappa shape index (κ1) is 20.2. The van der Waals surface area contributed by atoms with E-state index in [1.807, 2.05) is 35.2 Å². The van der Waals surface area contributed by atoms with Crippen LogP contribution in [0.2, 0.25) is 0 Å². The van der Waals surface area contributed by atoms with E-state index in [1.54, 1.807) is 18.3 Å². The predicted molar refractivity (Wildman–Crippen MR) is 123 cm³/mol. The highest BCUT2D eigenvalue weighted by Crippen LogP contribution is 2.32. The van der Waals surface area contributed by atoms with Crippen molar-refractivity contribution < 1.29 is 13.9 Å². The number of carbonyl (C=O) groups excluding carboxylic acids is 1. The summed E-state index contributed by atoms with van der Waals surface area (Å²) in [6.45, 7) is 1.45.